The summed E-state index contributed by atoms with van der Waals surface area (Å²) in [5, 5.41) is 5.33. The minimum atomic E-state index is -3.56. The molecule has 2 aromatic heterocycles. The van der Waals surface area contributed by atoms with Crippen molar-refractivity contribution >= 4 is 26.5 Å². The number of H-pyrrole nitrogens is 1. The second-order valence-electron chi connectivity index (χ2n) is 4.85. The molecule has 0 unspecified atom stereocenters. The predicted octanol–water partition coefficient (Wildman–Crippen LogP) is 1.87. The van der Waals surface area contributed by atoms with Gasteiger partial charge in [0.1, 0.15) is 4.90 Å². The molecule has 3 N–H and O–H groups in total. The van der Waals surface area contributed by atoms with Crippen molar-refractivity contribution in [2.75, 3.05) is 11.8 Å². The van der Waals surface area contributed by atoms with Gasteiger partial charge in [0.15, 0.2) is 5.13 Å². The second-order valence-corrected chi connectivity index (χ2v) is 7.39. The van der Waals surface area contributed by atoms with Crippen LogP contribution in [0.2, 0.25) is 0 Å². The van der Waals surface area contributed by atoms with Crippen LogP contribution in [0.15, 0.2) is 22.5 Å². The zero-order valence-corrected chi connectivity index (χ0v) is 12.6. The van der Waals surface area contributed by atoms with Gasteiger partial charge in [0, 0.05) is 29.7 Å². The van der Waals surface area contributed by atoms with Crippen molar-refractivity contribution in [2.45, 2.75) is 30.2 Å². The van der Waals surface area contributed by atoms with Gasteiger partial charge < -0.3 is 10.3 Å². The number of sulfonamides is 1. The number of rotatable bonds is 6. The maximum Gasteiger partial charge on any atom is 0.265 e. The molecule has 0 amide bonds. The Hall–Kier alpha value is -1.38. The molecule has 0 aliphatic heterocycles. The fraction of sp³-hybridized carbons (Fsp3) is 0.417. The van der Waals surface area contributed by atoms with Crippen LogP contribution < -0.4 is 10.0 Å². The molecule has 0 bridgehead atoms. The van der Waals surface area contributed by atoms with Crippen LogP contribution in [0.1, 0.15) is 30.1 Å². The number of nitrogens with zero attached hydrogens (tertiary/aromatic N) is 1. The van der Waals surface area contributed by atoms with Gasteiger partial charge in [-0.1, -0.05) is 0 Å². The molecule has 1 aliphatic rings. The van der Waals surface area contributed by atoms with Crippen molar-refractivity contribution in [1.82, 2.24) is 15.3 Å². The molecule has 8 heteroatoms. The molecule has 6 nitrogen and oxygen atoms in total. The first-order chi connectivity index (χ1) is 9.58. The lowest BCUT2D eigenvalue weighted by atomic mass is 10.3. The summed E-state index contributed by atoms with van der Waals surface area (Å²) in [6.45, 7) is 0.596. The summed E-state index contributed by atoms with van der Waals surface area (Å²) in [6, 6.07) is 1.62. The molecule has 2 heterocycles. The molecular formula is C12H16N4O2S2. The monoisotopic (exact) mass is 312 g/mol. The number of nitrogens with one attached hydrogen (secondary N) is 3. The van der Waals surface area contributed by atoms with Gasteiger partial charge in [-0.05, 0) is 26.0 Å². The summed E-state index contributed by atoms with van der Waals surface area (Å²) in [5.41, 5.74) is 1.82. The van der Waals surface area contributed by atoms with Crippen molar-refractivity contribution in [2.24, 2.45) is 0 Å². The Morgan fingerprint density at radius 3 is 3.00 bits per heavy atom. The van der Waals surface area contributed by atoms with E-state index in [-0.39, 0.29) is 4.90 Å². The number of thiazole rings is 1. The number of anilines is 1. The number of hydrogen-bond donors (Lipinski definition) is 3. The molecule has 108 valence electrons. The van der Waals surface area contributed by atoms with Crippen molar-refractivity contribution in [3.8, 4) is 0 Å². The van der Waals surface area contributed by atoms with Crippen LogP contribution in [0.3, 0.4) is 0 Å². The second kappa shape index (κ2) is 5.19. The molecule has 0 atom stereocenters. The van der Waals surface area contributed by atoms with E-state index in [4.69, 9.17) is 0 Å². The van der Waals surface area contributed by atoms with Gasteiger partial charge in [-0.3, -0.25) is 4.72 Å². The van der Waals surface area contributed by atoms with E-state index in [1.54, 1.807) is 6.07 Å². The average Bonchev–Trinajstić information content (AvgIpc) is 2.95. The Labute approximate surface area is 121 Å². The van der Waals surface area contributed by atoms with Crippen LogP contribution in [0.5, 0.6) is 0 Å². The first-order valence-electron chi connectivity index (χ1n) is 6.38. The Morgan fingerprint density at radius 2 is 2.30 bits per heavy atom. The van der Waals surface area contributed by atoms with E-state index >= 15 is 0 Å². The third-order valence-electron chi connectivity index (χ3n) is 3.13. The van der Waals surface area contributed by atoms with Crippen molar-refractivity contribution < 1.29 is 8.42 Å². The van der Waals surface area contributed by atoms with E-state index in [0.717, 1.165) is 24.2 Å². The van der Waals surface area contributed by atoms with E-state index in [2.05, 4.69) is 20.0 Å². The lowest BCUT2D eigenvalue weighted by Gasteiger charge is -2.02. The van der Waals surface area contributed by atoms with Gasteiger partial charge in [-0.2, -0.15) is 0 Å². The Bertz CT molecular complexity index is 701. The lowest BCUT2D eigenvalue weighted by molar-refractivity contribution is 0.601. The first-order valence-corrected chi connectivity index (χ1v) is 8.75. The normalized spacial score (nSPS) is 15.4. The zero-order chi connectivity index (χ0) is 14.2. The van der Waals surface area contributed by atoms with Crippen LogP contribution in [0.4, 0.5) is 5.13 Å². The highest BCUT2D eigenvalue weighted by atomic mass is 32.2. The first kappa shape index (κ1) is 13.6. The molecule has 0 spiro atoms. The van der Waals surface area contributed by atoms with Crippen molar-refractivity contribution in [3.63, 3.8) is 0 Å². The third-order valence-corrected chi connectivity index (χ3v) is 5.36. The largest absolute Gasteiger partial charge is 0.363 e. The van der Waals surface area contributed by atoms with E-state index in [1.165, 1.54) is 17.5 Å². The minimum absolute atomic E-state index is 0.228. The molecule has 0 radical (unpaired) electrons. The highest BCUT2D eigenvalue weighted by Gasteiger charge is 2.27. The summed E-state index contributed by atoms with van der Waals surface area (Å²) in [7, 11) is -1.76. The summed E-state index contributed by atoms with van der Waals surface area (Å²) in [4.78, 5) is 7.49. The van der Waals surface area contributed by atoms with Gasteiger partial charge in [-0.25, -0.2) is 13.4 Å². The van der Waals surface area contributed by atoms with Crippen LogP contribution in [0, 0.1) is 0 Å². The number of hydrogen-bond acceptors (Lipinski definition) is 5. The Balaban J connectivity index is 1.76. The van der Waals surface area contributed by atoms with Crippen LogP contribution in [0.25, 0.3) is 0 Å². The van der Waals surface area contributed by atoms with E-state index in [1.807, 2.05) is 12.4 Å². The van der Waals surface area contributed by atoms with Crippen LogP contribution >= 0.6 is 11.3 Å². The summed E-state index contributed by atoms with van der Waals surface area (Å²) in [6.07, 6.45) is 3.80. The third kappa shape index (κ3) is 2.87. The van der Waals surface area contributed by atoms with E-state index in [0.29, 0.717) is 17.6 Å². The molecule has 3 rings (SSSR count). The predicted molar refractivity (Wildman–Crippen MR) is 78.5 cm³/mol. The van der Waals surface area contributed by atoms with Gasteiger partial charge in [0.25, 0.3) is 10.0 Å². The SMILES string of the molecule is CNCc1cc(S(=O)(=O)Nc2nc(C3CC3)cs2)c[nH]1. The molecule has 20 heavy (non-hydrogen) atoms. The fourth-order valence-electron chi connectivity index (χ4n) is 1.94. The average molecular weight is 312 g/mol. The number of aromatic nitrogens is 2. The maximum absolute atomic E-state index is 12.2. The molecule has 0 saturated heterocycles. The molecule has 1 fully saturated rings. The Kier molecular flexibility index (Phi) is 3.53. The summed E-state index contributed by atoms with van der Waals surface area (Å²) in [5.74, 6) is 0.527. The number of aromatic amines is 1. The van der Waals surface area contributed by atoms with Gasteiger partial charge in [-0.15, -0.1) is 11.3 Å². The van der Waals surface area contributed by atoms with Crippen LogP contribution in [-0.2, 0) is 16.6 Å². The topological polar surface area (TPSA) is 86.9 Å². The summed E-state index contributed by atoms with van der Waals surface area (Å²) < 4.78 is 27.0. The van der Waals surface area contributed by atoms with E-state index < -0.39 is 10.0 Å². The van der Waals surface area contributed by atoms with Gasteiger partial charge in [0.05, 0.1) is 5.69 Å². The highest BCUT2D eigenvalue weighted by Crippen LogP contribution is 2.41. The minimum Gasteiger partial charge on any atom is -0.363 e. The van der Waals surface area contributed by atoms with Gasteiger partial charge in [0.2, 0.25) is 0 Å². The fourth-order valence-corrected chi connectivity index (χ4v) is 4.00. The molecule has 2 aromatic rings. The van der Waals surface area contributed by atoms with Crippen molar-refractivity contribution in [3.05, 3.63) is 29.0 Å². The van der Waals surface area contributed by atoms with Gasteiger partial charge >= 0.3 is 0 Å². The quantitative estimate of drug-likeness (QED) is 0.760. The molecule has 1 aliphatic carbocycles. The maximum atomic E-state index is 12.2. The highest BCUT2D eigenvalue weighted by molar-refractivity contribution is 7.93. The Morgan fingerprint density at radius 1 is 1.50 bits per heavy atom. The summed E-state index contributed by atoms with van der Waals surface area (Å²) >= 11 is 1.33. The lowest BCUT2D eigenvalue weighted by Crippen LogP contribution is -2.12. The molecule has 1 saturated carbocycles. The van der Waals surface area contributed by atoms with Crippen molar-refractivity contribution in [1.29, 1.82) is 0 Å². The zero-order valence-electron chi connectivity index (χ0n) is 11.0. The molecular weight excluding hydrogens is 296 g/mol. The standard InChI is InChI=1S/C12H16N4O2S2/c1-13-5-9-4-10(6-14-9)20(17,18)16-12-15-11(7-19-12)8-2-3-8/h4,6-8,13-14H,2-3,5H2,1H3,(H,15,16). The molecule has 0 aromatic carbocycles. The van der Waals surface area contributed by atoms with Crippen LogP contribution in [-0.4, -0.2) is 25.4 Å². The smallest absolute Gasteiger partial charge is 0.265 e. The van der Waals surface area contributed by atoms with E-state index in [9.17, 15) is 8.42 Å².